The van der Waals surface area contributed by atoms with Crippen LogP contribution in [0.25, 0.3) is 12.2 Å². The maximum atomic E-state index is 13.4. The van der Waals surface area contributed by atoms with E-state index in [-0.39, 0.29) is 17.9 Å². The van der Waals surface area contributed by atoms with Crippen molar-refractivity contribution in [2.24, 2.45) is 4.99 Å². The van der Waals surface area contributed by atoms with Crippen LogP contribution in [0.5, 0.6) is 0 Å². The molecule has 1 atom stereocenters. The highest BCUT2D eigenvalue weighted by Crippen LogP contribution is 2.26. The summed E-state index contributed by atoms with van der Waals surface area (Å²) in [6, 6.07) is 14.8. The van der Waals surface area contributed by atoms with E-state index in [9.17, 15) is 19.7 Å². The number of rotatable bonds is 6. The Hall–Kier alpha value is -4.11. The molecule has 2 heterocycles. The van der Waals surface area contributed by atoms with Gasteiger partial charge in [0.05, 0.1) is 33.4 Å². The molecule has 0 unspecified atom stereocenters. The van der Waals surface area contributed by atoms with Crippen LogP contribution in [0.4, 0.5) is 5.69 Å². The number of hydrogen-bond donors (Lipinski definition) is 0. The quantitative estimate of drug-likeness (QED) is 0.309. The molecule has 0 fully saturated rings. The zero-order valence-electron chi connectivity index (χ0n) is 18.5. The van der Waals surface area contributed by atoms with Gasteiger partial charge in [0.25, 0.3) is 11.2 Å². The molecule has 4 rings (SSSR count). The summed E-state index contributed by atoms with van der Waals surface area (Å²) in [7, 11) is 0. The molecule has 3 aromatic rings. The smallest absolute Gasteiger partial charge is 0.338 e. The van der Waals surface area contributed by atoms with Crippen molar-refractivity contribution in [2.45, 2.75) is 19.9 Å². The standard InChI is InChI=1S/C25H21N3O5S/c1-3-33-24(30)22-16(2)26-25-27(20(22)14-11-17-7-5-4-6-8-17)23(29)21(34-25)15-18-9-12-19(13-10-18)28(31)32/h4-15,20H,3H2,1-2H3/b14-11+,21-15-/t20-/m0/s1. The fraction of sp³-hybridized carbons (Fsp3) is 0.160. The van der Waals surface area contributed by atoms with Gasteiger partial charge in [-0.1, -0.05) is 53.8 Å². The number of carbonyl (C=O) groups excluding carboxylic acids is 1. The van der Waals surface area contributed by atoms with E-state index in [1.165, 1.54) is 28.0 Å². The summed E-state index contributed by atoms with van der Waals surface area (Å²) in [5.41, 5.74) is 2.04. The van der Waals surface area contributed by atoms with Crippen molar-refractivity contribution in [3.8, 4) is 0 Å². The Kier molecular flexibility index (Phi) is 6.65. The minimum absolute atomic E-state index is 0.0284. The minimum atomic E-state index is -0.686. The van der Waals surface area contributed by atoms with E-state index in [1.54, 1.807) is 38.1 Å². The molecule has 9 heteroatoms. The summed E-state index contributed by atoms with van der Waals surface area (Å²) < 4.78 is 7.15. The van der Waals surface area contributed by atoms with Crippen molar-refractivity contribution in [1.82, 2.24) is 4.57 Å². The van der Waals surface area contributed by atoms with Crippen molar-refractivity contribution in [3.63, 3.8) is 0 Å². The van der Waals surface area contributed by atoms with E-state index in [0.717, 1.165) is 5.56 Å². The van der Waals surface area contributed by atoms with E-state index in [1.807, 2.05) is 36.4 Å². The van der Waals surface area contributed by atoms with E-state index in [4.69, 9.17) is 4.74 Å². The molecular formula is C25H21N3O5S. The Morgan fingerprint density at radius 1 is 1.18 bits per heavy atom. The van der Waals surface area contributed by atoms with Crippen LogP contribution in [0.3, 0.4) is 0 Å². The first-order valence-electron chi connectivity index (χ1n) is 10.6. The van der Waals surface area contributed by atoms with Crippen molar-refractivity contribution < 1.29 is 14.5 Å². The van der Waals surface area contributed by atoms with Crippen LogP contribution in [0.15, 0.2) is 81.7 Å². The first kappa shape index (κ1) is 23.1. The molecule has 1 aromatic heterocycles. The molecule has 2 aromatic carbocycles. The van der Waals surface area contributed by atoms with Crippen molar-refractivity contribution >= 4 is 35.1 Å². The van der Waals surface area contributed by atoms with Gasteiger partial charge in [-0.05, 0) is 43.2 Å². The first-order valence-corrected chi connectivity index (χ1v) is 11.4. The van der Waals surface area contributed by atoms with Gasteiger partial charge in [0, 0.05) is 12.1 Å². The molecule has 0 amide bonds. The zero-order chi connectivity index (χ0) is 24.2. The SMILES string of the molecule is CCOC(=O)C1=C(C)N=c2s/c(=C\c3ccc([N+](=O)[O-])cc3)c(=O)n2[C@H]1/C=C/c1ccccc1. The molecule has 1 aliphatic rings. The van der Waals surface area contributed by atoms with Gasteiger partial charge in [0.1, 0.15) is 0 Å². The number of carbonyl (C=O) groups is 1. The van der Waals surface area contributed by atoms with Crippen LogP contribution in [0.1, 0.15) is 31.0 Å². The molecule has 34 heavy (non-hydrogen) atoms. The predicted octanol–water partition coefficient (Wildman–Crippen LogP) is 3.37. The number of non-ortho nitro benzene ring substituents is 1. The van der Waals surface area contributed by atoms with Crippen LogP contribution in [-0.4, -0.2) is 22.1 Å². The predicted molar refractivity (Wildman–Crippen MR) is 130 cm³/mol. The highest BCUT2D eigenvalue weighted by Gasteiger charge is 2.30. The third-order valence-electron chi connectivity index (χ3n) is 5.23. The average Bonchev–Trinajstić information content (AvgIpc) is 3.12. The van der Waals surface area contributed by atoms with Gasteiger partial charge in [0.15, 0.2) is 4.80 Å². The van der Waals surface area contributed by atoms with Crippen LogP contribution in [0, 0.1) is 10.1 Å². The van der Waals surface area contributed by atoms with E-state index in [0.29, 0.717) is 26.2 Å². The summed E-state index contributed by atoms with van der Waals surface area (Å²) in [6.07, 6.45) is 5.32. The first-order chi connectivity index (χ1) is 16.4. The lowest BCUT2D eigenvalue weighted by molar-refractivity contribution is -0.384. The summed E-state index contributed by atoms with van der Waals surface area (Å²) in [4.78, 5) is 41.6. The van der Waals surface area contributed by atoms with E-state index in [2.05, 4.69) is 4.99 Å². The minimum Gasteiger partial charge on any atom is -0.463 e. The van der Waals surface area contributed by atoms with Gasteiger partial charge < -0.3 is 4.74 Å². The van der Waals surface area contributed by atoms with Crippen molar-refractivity contribution in [3.05, 3.63) is 113 Å². The summed E-state index contributed by atoms with van der Waals surface area (Å²) >= 11 is 1.20. The van der Waals surface area contributed by atoms with Gasteiger partial charge in [-0.15, -0.1) is 0 Å². The largest absolute Gasteiger partial charge is 0.463 e. The molecule has 0 aliphatic carbocycles. The maximum Gasteiger partial charge on any atom is 0.338 e. The van der Waals surface area contributed by atoms with Crippen LogP contribution in [0.2, 0.25) is 0 Å². The Bertz CT molecular complexity index is 1480. The van der Waals surface area contributed by atoms with E-state index >= 15 is 0 Å². The average molecular weight is 476 g/mol. The molecule has 0 radical (unpaired) electrons. The number of benzene rings is 2. The molecule has 0 saturated heterocycles. The van der Waals surface area contributed by atoms with Crippen LogP contribution >= 0.6 is 11.3 Å². The number of allylic oxidation sites excluding steroid dienone is 2. The number of aromatic nitrogens is 1. The van der Waals surface area contributed by atoms with Gasteiger partial charge in [-0.25, -0.2) is 9.79 Å². The Morgan fingerprint density at radius 3 is 2.53 bits per heavy atom. The molecule has 0 bridgehead atoms. The number of fused-ring (bicyclic) bond motifs is 1. The Balaban J connectivity index is 1.84. The number of esters is 1. The van der Waals surface area contributed by atoms with Gasteiger partial charge in [0.2, 0.25) is 0 Å². The lowest BCUT2D eigenvalue weighted by Gasteiger charge is -2.21. The molecule has 0 N–H and O–H groups in total. The number of nitro benzene ring substituents is 1. The number of nitrogens with zero attached hydrogens (tertiary/aromatic N) is 3. The fourth-order valence-electron chi connectivity index (χ4n) is 3.63. The second-order valence-electron chi connectivity index (χ2n) is 7.46. The highest BCUT2D eigenvalue weighted by atomic mass is 32.1. The Morgan fingerprint density at radius 2 is 1.88 bits per heavy atom. The van der Waals surface area contributed by atoms with Gasteiger partial charge >= 0.3 is 5.97 Å². The molecule has 0 spiro atoms. The van der Waals surface area contributed by atoms with E-state index < -0.39 is 16.9 Å². The molecule has 8 nitrogen and oxygen atoms in total. The lowest BCUT2D eigenvalue weighted by Crippen LogP contribution is -2.38. The summed E-state index contributed by atoms with van der Waals surface area (Å²) in [5, 5.41) is 10.9. The highest BCUT2D eigenvalue weighted by molar-refractivity contribution is 7.07. The normalized spacial score (nSPS) is 15.8. The third kappa shape index (κ3) is 4.65. The van der Waals surface area contributed by atoms with Gasteiger partial charge in [-0.2, -0.15) is 0 Å². The number of ether oxygens (including phenoxy) is 1. The Labute approximate surface area is 198 Å². The van der Waals surface area contributed by atoms with Gasteiger partial charge in [-0.3, -0.25) is 19.5 Å². The zero-order valence-corrected chi connectivity index (χ0v) is 19.3. The number of hydrogen-bond acceptors (Lipinski definition) is 7. The number of nitro groups is 1. The second kappa shape index (κ2) is 9.80. The maximum absolute atomic E-state index is 13.4. The molecular weight excluding hydrogens is 454 g/mol. The molecule has 172 valence electrons. The van der Waals surface area contributed by atoms with Crippen LogP contribution < -0.4 is 14.9 Å². The lowest BCUT2D eigenvalue weighted by atomic mass is 10.0. The summed E-state index contributed by atoms with van der Waals surface area (Å²) in [6.45, 7) is 3.65. The molecule has 0 saturated carbocycles. The second-order valence-corrected chi connectivity index (χ2v) is 8.47. The topological polar surface area (TPSA) is 104 Å². The third-order valence-corrected chi connectivity index (χ3v) is 6.21. The number of thiazole rings is 1. The van der Waals surface area contributed by atoms with Crippen LogP contribution in [-0.2, 0) is 9.53 Å². The van der Waals surface area contributed by atoms with Crippen molar-refractivity contribution in [2.75, 3.05) is 6.61 Å². The monoisotopic (exact) mass is 475 g/mol. The summed E-state index contributed by atoms with van der Waals surface area (Å²) in [5.74, 6) is -0.517. The van der Waals surface area contributed by atoms with Crippen molar-refractivity contribution in [1.29, 1.82) is 0 Å². The molecule has 1 aliphatic heterocycles. The fourth-order valence-corrected chi connectivity index (χ4v) is 4.68.